The fourth-order valence-corrected chi connectivity index (χ4v) is 3.00. The number of hydrogen-bond donors (Lipinski definition) is 0. The molecule has 2 heterocycles. The number of Topliss-reactive ketones (excluding diaryl/α,β-unsaturated/α-hetero) is 1. The zero-order valence-electron chi connectivity index (χ0n) is 12.2. The highest BCUT2D eigenvalue weighted by Crippen LogP contribution is 2.41. The van der Waals surface area contributed by atoms with Crippen molar-refractivity contribution in [3.63, 3.8) is 0 Å². The SMILES string of the molecule is O=C1C[C@@H](C(=O)c2ccccc2)[C@H](c2ccc3c(c2)OCO3)O1. The first kappa shape index (κ1) is 13.8. The van der Waals surface area contributed by atoms with E-state index < -0.39 is 12.0 Å². The Morgan fingerprint density at radius 2 is 1.78 bits per heavy atom. The average Bonchev–Trinajstić information content (AvgIpc) is 3.20. The first-order chi connectivity index (χ1) is 11.2. The van der Waals surface area contributed by atoms with E-state index in [9.17, 15) is 9.59 Å². The summed E-state index contributed by atoms with van der Waals surface area (Å²) in [7, 11) is 0. The molecule has 2 aliphatic rings. The molecule has 1 fully saturated rings. The van der Waals surface area contributed by atoms with Crippen molar-refractivity contribution in [1.29, 1.82) is 0 Å². The molecule has 2 aromatic rings. The van der Waals surface area contributed by atoms with E-state index in [-0.39, 0.29) is 25.0 Å². The highest BCUT2D eigenvalue weighted by atomic mass is 16.7. The number of carbonyl (C=O) groups excluding carboxylic acids is 2. The minimum absolute atomic E-state index is 0.0842. The van der Waals surface area contributed by atoms with Gasteiger partial charge in [0, 0.05) is 5.56 Å². The van der Waals surface area contributed by atoms with Crippen LogP contribution in [0.4, 0.5) is 0 Å². The van der Waals surface area contributed by atoms with Crippen molar-refractivity contribution >= 4 is 11.8 Å². The summed E-state index contributed by atoms with van der Waals surface area (Å²) in [6.45, 7) is 0.176. The van der Waals surface area contributed by atoms with Gasteiger partial charge in [-0.15, -0.1) is 0 Å². The Kier molecular flexibility index (Phi) is 3.26. The van der Waals surface area contributed by atoms with Crippen molar-refractivity contribution in [3.8, 4) is 11.5 Å². The van der Waals surface area contributed by atoms with Gasteiger partial charge < -0.3 is 14.2 Å². The number of esters is 1. The molecule has 0 radical (unpaired) electrons. The van der Waals surface area contributed by atoms with Crippen molar-refractivity contribution in [2.75, 3.05) is 6.79 Å². The van der Waals surface area contributed by atoms with Gasteiger partial charge in [-0.25, -0.2) is 0 Å². The lowest BCUT2D eigenvalue weighted by molar-refractivity contribution is -0.141. The van der Waals surface area contributed by atoms with E-state index in [2.05, 4.69) is 0 Å². The van der Waals surface area contributed by atoms with Crippen molar-refractivity contribution in [3.05, 3.63) is 59.7 Å². The van der Waals surface area contributed by atoms with E-state index in [1.165, 1.54) is 0 Å². The number of cyclic esters (lactones) is 1. The number of benzene rings is 2. The summed E-state index contributed by atoms with van der Waals surface area (Å²) in [6.07, 6.45) is -0.503. The summed E-state index contributed by atoms with van der Waals surface area (Å²) in [5.74, 6) is 0.298. The van der Waals surface area contributed by atoms with Gasteiger partial charge in [0.2, 0.25) is 6.79 Å². The second-order valence-electron chi connectivity index (χ2n) is 5.56. The van der Waals surface area contributed by atoms with Crippen LogP contribution < -0.4 is 9.47 Å². The highest BCUT2D eigenvalue weighted by molar-refractivity contribution is 6.01. The summed E-state index contributed by atoms with van der Waals surface area (Å²) in [6, 6.07) is 14.3. The monoisotopic (exact) mass is 310 g/mol. The zero-order valence-corrected chi connectivity index (χ0v) is 12.2. The van der Waals surface area contributed by atoms with Crippen LogP contribution in [0.3, 0.4) is 0 Å². The Morgan fingerprint density at radius 1 is 1.00 bits per heavy atom. The zero-order chi connectivity index (χ0) is 15.8. The van der Waals surface area contributed by atoms with Crippen LogP contribution in [-0.4, -0.2) is 18.5 Å². The van der Waals surface area contributed by atoms with Gasteiger partial charge in [-0.3, -0.25) is 9.59 Å². The van der Waals surface area contributed by atoms with Gasteiger partial charge in [0.25, 0.3) is 0 Å². The van der Waals surface area contributed by atoms with Crippen LogP contribution in [0, 0.1) is 5.92 Å². The molecule has 0 aromatic heterocycles. The van der Waals surface area contributed by atoms with Gasteiger partial charge in [0.15, 0.2) is 17.3 Å². The minimum Gasteiger partial charge on any atom is -0.457 e. The van der Waals surface area contributed by atoms with E-state index in [0.29, 0.717) is 17.1 Å². The molecule has 5 nitrogen and oxygen atoms in total. The number of ether oxygens (including phenoxy) is 3. The van der Waals surface area contributed by atoms with Crippen molar-refractivity contribution in [2.45, 2.75) is 12.5 Å². The molecule has 5 heteroatoms. The summed E-state index contributed by atoms with van der Waals surface area (Å²) in [4.78, 5) is 24.5. The predicted octanol–water partition coefficient (Wildman–Crippen LogP) is 2.90. The quantitative estimate of drug-likeness (QED) is 0.644. The van der Waals surface area contributed by atoms with Crippen LogP contribution in [-0.2, 0) is 9.53 Å². The fraction of sp³-hybridized carbons (Fsp3) is 0.222. The Morgan fingerprint density at radius 3 is 2.61 bits per heavy atom. The molecule has 0 spiro atoms. The third-order valence-corrected chi connectivity index (χ3v) is 4.13. The van der Waals surface area contributed by atoms with Crippen LogP contribution in [0.5, 0.6) is 11.5 Å². The molecule has 0 bridgehead atoms. The Labute approximate surface area is 132 Å². The molecule has 2 aromatic carbocycles. The van der Waals surface area contributed by atoms with E-state index in [1.807, 2.05) is 12.1 Å². The Bertz CT molecular complexity index is 768. The van der Waals surface area contributed by atoms with Gasteiger partial charge in [0.1, 0.15) is 6.10 Å². The molecule has 2 aliphatic heterocycles. The maximum Gasteiger partial charge on any atom is 0.307 e. The number of ketones is 1. The molecular weight excluding hydrogens is 296 g/mol. The van der Waals surface area contributed by atoms with E-state index >= 15 is 0 Å². The lowest BCUT2D eigenvalue weighted by Crippen LogP contribution is -2.18. The normalized spacial score (nSPS) is 22.0. The molecule has 0 aliphatic carbocycles. The van der Waals surface area contributed by atoms with E-state index in [1.54, 1.807) is 36.4 Å². The summed E-state index contributed by atoms with van der Waals surface area (Å²) < 4.78 is 16.0. The average molecular weight is 310 g/mol. The number of fused-ring (bicyclic) bond motifs is 1. The van der Waals surface area contributed by atoms with Gasteiger partial charge in [-0.2, -0.15) is 0 Å². The number of hydrogen-bond acceptors (Lipinski definition) is 5. The van der Waals surface area contributed by atoms with Gasteiger partial charge in [0.05, 0.1) is 12.3 Å². The molecule has 2 atom stereocenters. The van der Waals surface area contributed by atoms with Crippen LogP contribution >= 0.6 is 0 Å². The van der Waals surface area contributed by atoms with E-state index in [0.717, 1.165) is 5.56 Å². The molecular formula is C18H14O5. The third-order valence-electron chi connectivity index (χ3n) is 4.13. The van der Waals surface area contributed by atoms with Gasteiger partial charge >= 0.3 is 5.97 Å². The fourth-order valence-electron chi connectivity index (χ4n) is 3.00. The first-order valence-corrected chi connectivity index (χ1v) is 7.40. The second-order valence-corrected chi connectivity index (χ2v) is 5.56. The first-order valence-electron chi connectivity index (χ1n) is 7.40. The predicted molar refractivity (Wildman–Crippen MR) is 80.3 cm³/mol. The molecule has 4 rings (SSSR count). The van der Waals surface area contributed by atoms with Crippen molar-refractivity contribution in [2.24, 2.45) is 5.92 Å². The molecule has 1 saturated heterocycles. The van der Waals surface area contributed by atoms with Gasteiger partial charge in [-0.05, 0) is 17.7 Å². The number of rotatable bonds is 3. The largest absolute Gasteiger partial charge is 0.457 e. The van der Waals surface area contributed by atoms with Crippen LogP contribution in [0.2, 0.25) is 0 Å². The summed E-state index contributed by atoms with van der Waals surface area (Å²) in [5.41, 5.74) is 1.33. The molecule has 0 saturated carbocycles. The van der Waals surface area contributed by atoms with Crippen LogP contribution in [0.15, 0.2) is 48.5 Å². The van der Waals surface area contributed by atoms with E-state index in [4.69, 9.17) is 14.2 Å². The van der Waals surface area contributed by atoms with Crippen LogP contribution in [0.25, 0.3) is 0 Å². The van der Waals surface area contributed by atoms with Crippen molar-refractivity contribution in [1.82, 2.24) is 0 Å². The lowest BCUT2D eigenvalue weighted by atomic mass is 9.88. The standard InChI is InChI=1S/C18H14O5/c19-16-9-13(17(20)11-4-2-1-3-5-11)18(23-16)12-6-7-14-15(8-12)22-10-21-14/h1-8,13,18H,9-10H2/t13-,18-/m0/s1. The summed E-state index contributed by atoms with van der Waals surface area (Å²) >= 11 is 0. The lowest BCUT2D eigenvalue weighted by Gasteiger charge is -2.17. The molecule has 116 valence electrons. The molecule has 0 amide bonds. The smallest absolute Gasteiger partial charge is 0.307 e. The minimum atomic E-state index is -0.593. The Balaban J connectivity index is 1.66. The molecule has 0 unspecified atom stereocenters. The second kappa shape index (κ2) is 5.43. The number of carbonyl (C=O) groups is 2. The van der Waals surface area contributed by atoms with Gasteiger partial charge in [-0.1, -0.05) is 36.4 Å². The van der Waals surface area contributed by atoms with Crippen molar-refractivity contribution < 1.29 is 23.8 Å². The summed E-state index contributed by atoms with van der Waals surface area (Å²) in [5, 5.41) is 0. The highest BCUT2D eigenvalue weighted by Gasteiger charge is 2.41. The maximum atomic E-state index is 12.7. The topological polar surface area (TPSA) is 61.8 Å². The molecule has 0 N–H and O–H groups in total. The third kappa shape index (κ3) is 2.44. The maximum absolute atomic E-state index is 12.7. The Hall–Kier alpha value is -2.82. The van der Waals surface area contributed by atoms with Crippen LogP contribution in [0.1, 0.15) is 28.4 Å². The molecule has 23 heavy (non-hydrogen) atoms.